The fourth-order valence-electron chi connectivity index (χ4n) is 5.05. The molecule has 3 aliphatic rings. The van der Waals surface area contributed by atoms with Crippen molar-refractivity contribution in [1.82, 2.24) is 0 Å². The number of hydrogen-bond donors (Lipinski definition) is 1. The van der Waals surface area contributed by atoms with Crippen LogP contribution in [0.2, 0.25) is 0 Å². The number of ketones is 1. The number of carbonyl (C=O) groups excluding carboxylic acids is 1. The summed E-state index contributed by atoms with van der Waals surface area (Å²) >= 11 is 0. The summed E-state index contributed by atoms with van der Waals surface area (Å²) in [5.41, 5.74) is 1.40. The third-order valence-corrected chi connectivity index (χ3v) is 6.60. The summed E-state index contributed by atoms with van der Waals surface area (Å²) in [6.07, 6.45) is 9.57. The zero-order valence-electron chi connectivity index (χ0n) is 13.7. The molecule has 0 unspecified atom stereocenters. The third-order valence-electron chi connectivity index (χ3n) is 6.60. The van der Waals surface area contributed by atoms with E-state index >= 15 is 0 Å². The Kier molecular flexibility index (Phi) is 3.44. The molecular weight excluding hydrogens is 260 g/mol. The molecule has 3 rings (SSSR count). The highest BCUT2D eigenvalue weighted by molar-refractivity contribution is 5.91. The molecule has 0 aliphatic heterocycles. The highest BCUT2D eigenvalue weighted by Gasteiger charge is 2.52. The van der Waals surface area contributed by atoms with Crippen LogP contribution in [0.3, 0.4) is 0 Å². The highest BCUT2D eigenvalue weighted by Crippen LogP contribution is 2.58. The van der Waals surface area contributed by atoms with E-state index in [0.29, 0.717) is 18.3 Å². The number of aliphatic hydroxyl groups excluding tert-OH is 1. The minimum Gasteiger partial charge on any atom is -0.389 e. The lowest BCUT2D eigenvalue weighted by atomic mass is 9.66. The maximum absolute atomic E-state index is 11.8. The van der Waals surface area contributed by atoms with E-state index in [1.165, 1.54) is 5.57 Å². The minimum absolute atomic E-state index is 0.0789. The fraction of sp³-hybridized carbons (Fsp3) is 0.737. The van der Waals surface area contributed by atoms with Crippen molar-refractivity contribution in [2.45, 2.75) is 59.5 Å². The van der Waals surface area contributed by atoms with Crippen LogP contribution in [-0.2, 0) is 4.79 Å². The molecule has 0 heterocycles. The predicted molar refractivity (Wildman–Crippen MR) is 84.7 cm³/mol. The summed E-state index contributed by atoms with van der Waals surface area (Å²) in [6, 6.07) is 0. The number of aliphatic hydroxyl groups is 1. The first-order valence-electron chi connectivity index (χ1n) is 8.38. The Morgan fingerprint density at radius 3 is 2.67 bits per heavy atom. The lowest BCUT2D eigenvalue weighted by molar-refractivity contribution is -0.116. The Hall–Kier alpha value is -0.890. The zero-order chi connectivity index (χ0) is 15.4. The van der Waals surface area contributed by atoms with Crippen LogP contribution in [-0.4, -0.2) is 17.0 Å². The van der Waals surface area contributed by atoms with Crippen molar-refractivity contribution in [1.29, 1.82) is 0 Å². The van der Waals surface area contributed by atoms with E-state index in [0.717, 1.165) is 19.3 Å². The Bertz CT molecular complexity index is 516. The Labute approximate surface area is 128 Å². The normalized spacial score (nSPS) is 46.1. The van der Waals surface area contributed by atoms with Gasteiger partial charge in [-0.1, -0.05) is 39.8 Å². The first kappa shape index (κ1) is 15.0. The first-order chi connectivity index (χ1) is 9.76. The van der Waals surface area contributed by atoms with E-state index in [-0.39, 0.29) is 28.6 Å². The van der Waals surface area contributed by atoms with Crippen LogP contribution in [0.15, 0.2) is 23.8 Å². The Morgan fingerprint density at radius 2 is 2.00 bits per heavy atom. The molecule has 0 aromatic heterocycles. The van der Waals surface area contributed by atoms with Crippen LogP contribution in [0, 0.1) is 28.6 Å². The van der Waals surface area contributed by atoms with E-state index in [4.69, 9.17) is 0 Å². The van der Waals surface area contributed by atoms with Gasteiger partial charge in [0.2, 0.25) is 0 Å². The lowest BCUT2D eigenvalue weighted by Crippen LogP contribution is -2.30. The predicted octanol–water partition coefficient (Wildman–Crippen LogP) is 3.90. The van der Waals surface area contributed by atoms with Crippen LogP contribution in [0.4, 0.5) is 0 Å². The quantitative estimate of drug-likeness (QED) is 0.743. The molecule has 2 heteroatoms. The maximum Gasteiger partial charge on any atom is 0.156 e. The van der Waals surface area contributed by atoms with Gasteiger partial charge in [0.1, 0.15) is 0 Å². The highest BCUT2D eigenvalue weighted by atomic mass is 16.3. The molecule has 1 saturated carbocycles. The van der Waals surface area contributed by atoms with Crippen molar-refractivity contribution in [3.63, 3.8) is 0 Å². The average Bonchev–Trinajstić information content (AvgIpc) is 2.59. The van der Waals surface area contributed by atoms with E-state index in [1.807, 2.05) is 0 Å². The summed E-state index contributed by atoms with van der Waals surface area (Å²) in [4.78, 5) is 11.8. The SMILES string of the molecule is CC(C)[C@H]1C[C@H](O)C2=C[C@H]3CC(=O)C=C[C@@]3(C)CC[C@@]21C. The van der Waals surface area contributed by atoms with Crippen molar-refractivity contribution in [3.05, 3.63) is 23.8 Å². The van der Waals surface area contributed by atoms with Crippen LogP contribution >= 0.6 is 0 Å². The number of carbonyl (C=O) groups is 1. The molecule has 0 aromatic carbocycles. The summed E-state index contributed by atoms with van der Waals surface area (Å²) in [5.74, 6) is 1.61. The molecule has 0 bridgehead atoms. The molecule has 5 atom stereocenters. The van der Waals surface area contributed by atoms with Gasteiger partial charge in [-0.3, -0.25) is 4.79 Å². The number of allylic oxidation sites excluding steroid dienone is 3. The number of fused-ring (bicyclic) bond motifs is 2. The van der Waals surface area contributed by atoms with Crippen molar-refractivity contribution in [2.75, 3.05) is 0 Å². The van der Waals surface area contributed by atoms with E-state index in [1.54, 1.807) is 6.08 Å². The van der Waals surface area contributed by atoms with E-state index < -0.39 is 0 Å². The van der Waals surface area contributed by atoms with Gasteiger partial charge in [0.05, 0.1) is 6.10 Å². The molecule has 1 fully saturated rings. The van der Waals surface area contributed by atoms with Gasteiger partial charge in [-0.2, -0.15) is 0 Å². The molecule has 21 heavy (non-hydrogen) atoms. The second kappa shape index (κ2) is 4.81. The monoisotopic (exact) mass is 288 g/mol. The van der Waals surface area contributed by atoms with Gasteiger partial charge < -0.3 is 5.11 Å². The fourth-order valence-corrected chi connectivity index (χ4v) is 5.05. The lowest BCUT2D eigenvalue weighted by Gasteiger charge is -2.37. The number of rotatable bonds is 1. The summed E-state index contributed by atoms with van der Waals surface area (Å²) in [6.45, 7) is 9.16. The van der Waals surface area contributed by atoms with Crippen LogP contribution in [0.5, 0.6) is 0 Å². The van der Waals surface area contributed by atoms with Crippen molar-refractivity contribution in [3.8, 4) is 0 Å². The Balaban J connectivity index is 2.04. The molecule has 0 saturated heterocycles. The summed E-state index contributed by atoms with van der Waals surface area (Å²) in [7, 11) is 0. The standard InChI is InChI=1S/C19H28O2/c1-12(2)15-11-17(21)16-10-13-9-14(20)5-6-18(13,3)7-8-19(15,16)4/h5-6,10,12-13,15,17,21H,7-9,11H2,1-4H3/t13-,15-,17+,18+,19-/m1/s1. The van der Waals surface area contributed by atoms with Crippen molar-refractivity contribution < 1.29 is 9.90 Å². The second-order valence-corrected chi connectivity index (χ2v) is 8.26. The molecule has 0 radical (unpaired) electrons. The smallest absolute Gasteiger partial charge is 0.156 e. The molecule has 3 aliphatic carbocycles. The number of hydrogen-bond acceptors (Lipinski definition) is 2. The summed E-state index contributed by atoms with van der Waals surface area (Å²) in [5, 5.41) is 10.6. The molecule has 1 N–H and O–H groups in total. The van der Waals surface area contributed by atoms with Gasteiger partial charge in [-0.25, -0.2) is 0 Å². The van der Waals surface area contributed by atoms with Gasteiger partial charge in [-0.15, -0.1) is 0 Å². The Morgan fingerprint density at radius 1 is 1.29 bits per heavy atom. The van der Waals surface area contributed by atoms with Gasteiger partial charge in [0.15, 0.2) is 5.78 Å². The molecule has 116 valence electrons. The molecule has 2 nitrogen and oxygen atoms in total. The third kappa shape index (κ3) is 2.23. The van der Waals surface area contributed by atoms with Crippen molar-refractivity contribution in [2.24, 2.45) is 28.6 Å². The largest absolute Gasteiger partial charge is 0.389 e. The van der Waals surface area contributed by atoms with Gasteiger partial charge in [0.25, 0.3) is 0 Å². The van der Waals surface area contributed by atoms with E-state index in [2.05, 4.69) is 39.8 Å². The minimum atomic E-state index is -0.314. The van der Waals surface area contributed by atoms with Crippen LogP contribution in [0.1, 0.15) is 53.4 Å². The zero-order valence-corrected chi connectivity index (χ0v) is 13.7. The summed E-state index contributed by atoms with van der Waals surface area (Å²) < 4.78 is 0. The molecule has 0 spiro atoms. The van der Waals surface area contributed by atoms with Crippen molar-refractivity contribution >= 4 is 5.78 Å². The second-order valence-electron chi connectivity index (χ2n) is 8.26. The van der Waals surface area contributed by atoms with Crippen LogP contribution < -0.4 is 0 Å². The topological polar surface area (TPSA) is 37.3 Å². The molecule has 0 amide bonds. The van der Waals surface area contributed by atoms with Gasteiger partial charge in [-0.05, 0) is 59.5 Å². The van der Waals surface area contributed by atoms with Gasteiger partial charge >= 0.3 is 0 Å². The van der Waals surface area contributed by atoms with Crippen LogP contribution in [0.25, 0.3) is 0 Å². The van der Waals surface area contributed by atoms with Gasteiger partial charge in [0, 0.05) is 6.42 Å². The van der Waals surface area contributed by atoms with E-state index in [9.17, 15) is 9.90 Å². The maximum atomic E-state index is 11.8. The molecular formula is C19H28O2. The average molecular weight is 288 g/mol. The molecule has 0 aromatic rings. The first-order valence-corrected chi connectivity index (χ1v) is 8.38.